The number of methoxy groups -OCH3 is 1. The highest BCUT2D eigenvalue weighted by Gasteiger charge is 2.18. The van der Waals surface area contributed by atoms with Crippen molar-refractivity contribution in [2.45, 2.75) is 20.3 Å². The summed E-state index contributed by atoms with van der Waals surface area (Å²) < 4.78 is 6.69. The lowest BCUT2D eigenvalue weighted by Crippen LogP contribution is -2.08. The number of benzene rings is 1. The summed E-state index contributed by atoms with van der Waals surface area (Å²) in [4.78, 5) is 22.7. The number of hydrogen-bond donors (Lipinski definition) is 1. The zero-order valence-corrected chi connectivity index (χ0v) is 11.1. The molecule has 0 aliphatic carbocycles. The Morgan fingerprint density at radius 3 is 2.58 bits per heavy atom. The Morgan fingerprint density at radius 2 is 2.05 bits per heavy atom. The van der Waals surface area contributed by atoms with E-state index in [0.29, 0.717) is 22.5 Å². The van der Waals surface area contributed by atoms with Gasteiger partial charge >= 0.3 is 5.97 Å². The van der Waals surface area contributed by atoms with Gasteiger partial charge in [0.2, 0.25) is 5.91 Å². The minimum absolute atomic E-state index is 0.115. The van der Waals surface area contributed by atoms with Crippen molar-refractivity contribution in [1.82, 2.24) is 4.57 Å². The maximum Gasteiger partial charge on any atom is 0.307 e. The van der Waals surface area contributed by atoms with Gasteiger partial charge in [0, 0.05) is 18.0 Å². The van der Waals surface area contributed by atoms with E-state index in [9.17, 15) is 9.59 Å². The van der Waals surface area contributed by atoms with E-state index in [1.54, 1.807) is 32.2 Å². The van der Waals surface area contributed by atoms with Gasteiger partial charge in [-0.1, -0.05) is 0 Å². The average molecular weight is 261 g/mol. The first-order valence-electron chi connectivity index (χ1n) is 5.86. The van der Waals surface area contributed by atoms with Gasteiger partial charge in [-0.15, -0.1) is 0 Å². The zero-order chi connectivity index (χ0) is 14.2. The molecule has 0 atom stereocenters. The molecule has 5 heteroatoms. The molecule has 2 aromatic rings. The fourth-order valence-electron chi connectivity index (χ4n) is 2.37. The maximum absolute atomic E-state index is 11.7. The van der Waals surface area contributed by atoms with Crippen molar-refractivity contribution in [1.29, 1.82) is 0 Å². The van der Waals surface area contributed by atoms with Crippen LogP contribution in [0, 0.1) is 6.92 Å². The molecule has 0 unspecified atom stereocenters. The fraction of sp³-hybridized carbons (Fsp3) is 0.286. The number of aromatic nitrogens is 1. The summed E-state index contributed by atoms with van der Waals surface area (Å²) in [6.07, 6.45) is -0.115. The summed E-state index contributed by atoms with van der Waals surface area (Å²) in [6.45, 7) is 3.22. The first-order valence-corrected chi connectivity index (χ1v) is 5.86. The van der Waals surface area contributed by atoms with Crippen molar-refractivity contribution in [3.63, 3.8) is 0 Å². The van der Waals surface area contributed by atoms with Crippen LogP contribution in [0.2, 0.25) is 0 Å². The molecule has 0 aliphatic heterocycles. The third-order valence-corrected chi connectivity index (χ3v) is 3.18. The number of carbonyl (C=O) groups excluding carboxylic acids is 1. The predicted molar refractivity (Wildman–Crippen MR) is 70.9 cm³/mol. The molecular formula is C14H15NO4. The van der Waals surface area contributed by atoms with Gasteiger partial charge < -0.3 is 9.84 Å². The van der Waals surface area contributed by atoms with E-state index >= 15 is 0 Å². The van der Waals surface area contributed by atoms with Crippen LogP contribution in [0.1, 0.15) is 23.0 Å². The van der Waals surface area contributed by atoms with Crippen LogP contribution in [0.15, 0.2) is 18.2 Å². The molecule has 1 aromatic heterocycles. The van der Waals surface area contributed by atoms with Crippen molar-refractivity contribution in [2.24, 2.45) is 0 Å². The molecule has 0 aliphatic rings. The first-order chi connectivity index (χ1) is 8.95. The highest BCUT2D eigenvalue weighted by atomic mass is 16.5. The lowest BCUT2D eigenvalue weighted by molar-refractivity contribution is -0.136. The van der Waals surface area contributed by atoms with Gasteiger partial charge in [0.05, 0.1) is 19.0 Å². The smallest absolute Gasteiger partial charge is 0.307 e. The number of aliphatic carboxylic acids is 1. The zero-order valence-electron chi connectivity index (χ0n) is 11.1. The molecule has 0 bridgehead atoms. The van der Waals surface area contributed by atoms with Gasteiger partial charge in [0.15, 0.2) is 0 Å². The number of carbonyl (C=O) groups is 2. The molecule has 1 aromatic carbocycles. The summed E-state index contributed by atoms with van der Waals surface area (Å²) in [6, 6.07) is 5.29. The van der Waals surface area contributed by atoms with E-state index in [2.05, 4.69) is 0 Å². The monoisotopic (exact) mass is 261 g/mol. The maximum atomic E-state index is 11.7. The van der Waals surface area contributed by atoms with E-state index in [-0.39, 0.29) is 12.3 Å². The SMILES string of the molecule is COc1ccc2c(c1)c(CC(=O)O)c(C)n2C(C)=O. The molecule has 19 heavy (non-hydrogen) atoms. The molecule has 0 saturated carbocycles. The van der Waals surface area contributed by atoms with E-state index in [0.717, 1.165) is 5.39 Å². The van der Waals surface area contributed by atoms with Crippen LogP contribution < -0.4 is 4.74 Å². The van der Waals surface area contributed by atoms with E-state index < -0.39 is 5.97 Å². The van der Waals surface area contributed by atoms with Crippen molar-refractivity contribution in [3.8, 4) is 5.75 Å². The van der Waals surface area contributed by atoms with Crippen LogP contribution in [0.3, 0.4) is 0 Å². The van der Waals surface area contributed by atoms with Crippen LogP contribution in [0.4, 0.5) is 0 Å². The van der Waals surface area contributed by atoms with Crippen molar-refractivity contribution in [3.05, 3.63) is 29.5 Å². The molecular weight excluding hydrogens is 246 g/mol. The standard InChI is InChI=1S/C14H15NO4/c1-8-11(7-14(17)18)12-6-10(19-3)4-5-13(12)15(8)9(2)16/h4-6H,7H2,1-3H3,(H,17,18). The Morgan fingerprint density at radius 1 is 1.37 bits per heavy atom. The van der Waals surface area contributed by atoms with Crippen molar-refractivity contribution >= 4 is 22.8 Å². The molecule has 0 fully saturated rings. The average Bonchev–Trinajstić information content (AvgIpc) is 2.61. The van der Waals surface area contributed by atoms with Crippen LogP contribution >= 0.6 is 0 Å². The summed E-state index contributed by atoms with van der Waals surface area (Å²) in [5.41, 5.74) is 2.02. The van der Waals surface area contributed by atoms with Gasteiger partial charge in [-0.3, -0.25) is 14.2 Å². The van der Waals surface area contributed by atoms with Gasteiger partial charge in [0.1, 0.15) is 5.75 Å². The van der Waals surface area contributed by atoms with E-state index in [4.69, 9.17) is 9.84 Å². The molecule has 0 radical (unpaired) electrons. The second-order valence-electron chi connectivity index (χ2n) is 4.37. The third kappa shape index (κ3) is 2.19. The topological polar surface area (TPSA) is 68.5 Å². The summed E-state index contributed by atoms with van der Waals surface area (Å²) >= 11 is 0. The predicted octanol–water partition coefficient (Wildman–Crippen LogP) is 2.25. The Kier molecular flexibility index (Phi) is 3.29. The molecule has 1 heterocycles. The minimum Gasteiger partial charge on any atom is -0.497 e. The number of nitrogens with zero attached hydrogens (tertiary/aromatic N) is 1. The quantitative estimate of drug-likeness (QED) is 0.920. The molecule has 0 saturated heterocycles. The van der Waals surface area contributed by atoms with E-state index in [1.165, 1.54) is 11.5 Å². The Hall–Kier alpha value is -2.30. The lowest BCUT2D eigenvalue weighted by Gasteiger charge is -2.03. The summed E-state index contributed by atoms with van der Waals surface area (Å²) in [5, 5.41) is 9.74. The van der Waals surface area contributed by atoms with Crippen LogP contribution in [-0.2, 0) is 11.2 Å². The molecule has 0 amide bonds. The van der Waals surface area contributed by atoms with Crippen LogP contribution in [0.25, 0.3) is 10.9 Å². The Bertz CT molecular complexity index is 670. The van der Waals surface area contributed by atoms with Gasteiger partial charge in [-0.2, -0.15) is 0 Å². The van der Waals surface area contributed by atoms with Crippen molar-refractivity contribution < 1.29 is 19.4 Å². The largest absolute Gasteiger partial charge is 0.497 e. The molecule has 1 N–H and O–H groups in total. The Balaban J connectivity index is 2.80. The molecule has 5 nitrogen and oxygen atoms in total. The second kappa shape index (κ2) is 4.76. The number of hydrogen-bond acceptors (Lipinski definition) is 3. The highest BCUT2D eigenvalue weighted by molar-refractivity contribution is 5.97. The molecule has 2 rings (SSSR count). The van der Waals surface area contributed by atoms with Gasteiger partial charge in [-0.25, -0.2) is 0 Å². The lowest BCUT2D eigenvalue weighted by atomic mass is 10.1. The summed E-state index contributed by atoms with van der Waals surface area (Å²) in [5.74, 6) is -0.419. The van der Waals surface area contributed by atoms with Crippen LogP contribution in [0.5, 0.6) is 5.75 Å². The van der Waals surface area contributed by atoms with Gasteiger partial charge in [-0.05, 0) is 30.7 Å². The van der Waals surface area contributed by atoms with Crippen molar-refractivity contribution in [2.75, 3.05) is 7.11 Å². The number of carboxylic acids is 1. The third-order valence-electron chi connectivity index (χ3n) is 3.18. The number of rotatable bonds is 3. The fourth-order valence-corrected chi connectivity index (χ4v) is 2.37. The Labute approximate surface area is 110 Å². The minimum atomic E-state index is -0.923. The van der Waals surface area contributed by atoms with E-state index in [1.807, 2.05) is 0 Å². The number of ether oxygens (including phenoxy) is 1. The first kappa shape index (κ1) is 13.1. The number of carboxylic acid groups (broad SMARTS) is 1. The summed E-state index contributed by atoms with van der Waals surface area (Å²) in [7, 11) is 1.55. The molecule has 100 valence electrons. The molecule has 0 spiro atoms. The normalized spacial score (nSPS) is 10.7. The number of fused-ring (bicyclic) bond motifs is 1. The highest BCUT2D eigenvalue weighted by Crippen LogP contribution is 2.29. The van der Waals surface area contributed by atoms with Crippen LogP contribution in [-0.4, -0.2) is 28.7 Å². The second-order valence-corrected chi connectivity index (χ2v) is 4.37. The van der Waals surface area contributed by atoms with Gasteiger partial charge in [0.25, 0.3) is 0 Å².